The van der Waals surface area contributed by atoms with E-state index in [9.17, 15) is 0 Å². The predicted octanol–water partition coefficient (Wildman–Crippen LogP) is 5.95. The lowest BCUT2D eigenvalue weighted by Crippen LogP contribution is -1.80. The second kappa shape index (κ2) is 4.06. The Balaban J connectivity index is 2.60. The molecular formula is C14H7Cl3. The average Bonchev–Trinajstić information content (AvgIpc) is 2.32. The summed E-state index contributed by atoms with van der Waals surface area (Å²) >= 11 is 18.3. The average molecular weight is 282 g/mol. The molecule has 0 spiro atoms. The van der Waals surface area contributed by atoms with Gasteiger partial charge >= 0.3 is 0 Å². The highest BCUT2D eigenvalue weighted by molar-refractivity contribution is 6.44. The van der Waals surface area contributed by atoms with Crippen molar-refractivity contribution in [2.45, 2.75) is 0 Å². The van der Waals surface area contributed by atoms with Crippen LogP contribution in [0.5, 0.6) is 0 Å². The Labute approximate surface area is 114 Å². The Morgan fingerprint density at radius 1 is 0.588 bits per heavy atom. The molecule has 0 aliphatic rings. The molecule has 0 aromatic heterocycles. The van der Waals surface area contributed by atoms with Crippen molar-refractivity contribution >= 4 is 56.3 Å². The summed E-state index contributed by atoms with van der Waals surface area (Å²) in [6.45, 7) is 0. The first-order valence-electron chi connectivity index (χ1n) is 5.13. The molecule has 3 rings (SSSR count). The maximum atomic E-state index is 6.26. The topological polar surface area (TPSA) is 0 Å². The highest BCUT2D eigenvalue weighted by Crippen LogP contribution is 2.36. The third-order valence-electron chi connectivity index (χ3n) is 2.85. The molecule has 0 saturated heterocycles. The van der Waals surface area contributed by atoms with Crippen molar-refractivity contribution in [1.82, 2.24) is 0 Å². The first-order valence-corrected chi connectivity index (χ1v) is 6.26. The number of fused-ring (bicyclic) bond motifs is 3. The molecule has 3 aromatic rings. The maximum Gasteiger partial charge on any atom is 0.0599 e. The van der Waals surface area contributed by atoms with Crippen LogP contribution in [0.2, 0.25) is 15.1 Å². The van der Waals surface area contributed by atoms with Crippen LogP contribution in [0.3, 0.4) is 0 Å². The zero-order chi connectivity index (χ0) is 12.0. The predicted molar refractivity (Wildman–Crippen MR) is 76.5 cm³/mol. The molecule has 3 heteroatoms. The first-order chi connectivity index (χ1) is 8.16. The molecule has 0 amide bonds. The normalized spacial score (nSPS) is 11.2. The van der Waals surface area contributed by atoms with Gasteiger partial charge in [0.2, 0.25) is 0 Å². The molecular weight excluding hydrogens is 275 g/mol. The van der Waals surface area contributed by atoms with E-state index in [0.717, 1.165) is 21.5 Å². The minimum atomic E-state index is 0.524. The van der Waals surface area contributed by atoms with Gasteiger partial charge in [0.05, 0.1) is 10.0 Å². The van der Waals surface area contributed by atoms with Gasteiger partial charge in [-0.25, -0.2) is 0 Å². The molecule has 0 aliphatic heterocycles. The molecule has 0 N–H and O–H groups in total. The van der Waals surface area contributed by atoms with E-state index in [0.29, 0.717) is 15.1 Å². The second-order valence-electron chi connectivity index (χ2n) is 3.89. The maximum absolute atomic E-state index is 6.26. The summed E-state index contributed by atoms with van der Waals surface area (Å²) in [5, 5.41) is 5.95. The van der Waals surface area contributed by atoms with Gasteiger partial charge in [-0.05, 0) is 34.4 Å². The van der Waals surface area contributed by atoms with E-state index in [1.165, 1.54) is 0 Å². The van der Waals surface area contributed by atoms with Gasteiger partial charge in [0.1, 0.15) is 0 Å². The van der Waals surface area contributed by atoms with E-state index in [2.05, 4.69) is 6.07 Å². The minimum Gasteiger partial charge on any atom is -0.0836 e. The Morgan fingerprint density at radius 2 is 1.24 bits per heavy atom. The molecule has 84 valence electrons. The second-order valence-corrected chi connectivity index (χ2v) is 5.11. The fourth-order valence-corrected chi connectivity index (χ4v) is 2.65. The monoisotopic (exact) mass is 280 g/mol. The molecule has 0 bridgehead atoms. The van der Waals surface area contributed by atoms with Crippen molar-refractivity contribution in [3.63, 3.8) is 0 Å². The van der Waals surface area contributed by atoms with Crippen molar-refractivity contribution in [3.05, 3.63) is 57.5 Å². The molecule has 3 aromatic carbocycles. The van der Waals surface area contributed by atoms with Gasteiger partial charge in [0.15, 0.2) is 0 Å². The third-order valence-corrected chi connectivity index (χ3v) is 3.89. The van der Waals surface area contributed by atoms with Gasteiger partial charge < -0.3 is 0 Å². The molecule has 0 nitrogen and oxygen atoms in total. The number of hydrogen-bond acceptors (Lipinski definition) is 0. The van der Waals surface area contributed by atoms with E-state index in [1.54, 1.807) is 0 Å². The molecule has 0 radical (unpaired) electrons. The van der Waals surface area contributed by atoms with Crippen molar-refractivity contribution in [2.75, 3.05) is 0 Å². The van der Waals surface area contributed by atoms with Crippen molar-refractivity contribution in [3.8, 4) is 0 Å². The molecule has 0 fully saturated rings. The van der Waals surface area contributed by atoms with Gasteiger partial charge in [-0.2, -0.15) is 0 Å². The molecule has 0 atom stereocenters. The largest absolute Gasteiger partial charge is 0.0836 e. The smallest absolute Gasteiger partial charge is 0.0599 e. The number of rotatable bonds is 0. The van der Waals surface area contributed by atoms with Crippen LogP contribution in [0.4, 0.5) is 0 Å². The zero-order valence-corrected chi connectivity index (χ0v) is 10.9. The van der Waals surface area contributed by atoms with Crippen LogP contribution in [-0.2, 0) is 0 Å². The van der Waals surface area contributed by atoms with Gasteiger partial charge in [-0.3, -0.25) is 0 Å². The summed E-state index contributed by atoms with van der Waals surface area (Å²) < 4.78 is 0. The number of hydrogen-bond donors (Lipinski definition) is 0. The number of halogens is 3. The van der Waals surface area contributed by atoms with Crippen LogP contribution >= 0.6 is 34.8 Å². The lowest BCUT2D eigenvalue weighted by Gasteiger charge is -2.07. The van der Waals surface area contributed by atoms with Gasteiger partial charge in [-0.15, -0.1) is 0 Å². The summed E-state index contributed by atoms with van der Waals surface area (Å²) in [5.74, 6) is 0. The van der Waals surface area contributed by atoms with E-state index >= 15 is 0 Å². The lowest BCUT2D eigenvalue weighted by atomic mass is 10.0. The van der Waals surface area contributed by atoms with Crippen molar-refractivity contribution in [1.29, 1.82) is 0 Å². The van der Waals surface area contributed by atoms with Gasteiger partial charge in [0, 0.05) is 10.4 Å². The van der Waals surface area contributed by atoms with Crippen LogP contribution in [0.1, 0.15) is 0 Å². The van der Waals surface area contributed by atoms with Crippen LogP contribution in [0, 0.1) is 0 Å². The van der Waals surface area contributed by atoms with E-state index in [1.807, 2.05) is 36.4 Å². The first kappa shape index (κ1) is 11.2. The molecule has 0 aliphatic carbocycles. The fourth-order valence-electron chi connectivity index (χ4n) is 2.05. The highest BCUT2D eigenvalue weighted by atomic mass is 35.5. The Kier molecular flexibility index (Phi) is 2.67. The van der Waals surface area contributed by atoms with Crippen LogP contribution in [0.25, 0.3) is 21.5 Å². The minimum absolute atomic E-state index is 0.524. The Bertz CT molecular complexity index is 732. The molecule has 0 unspecified atom stereocenters. The molecule has 17 heavy (non-hydrogen) atoms. The summed E-state index contributed by atoms with van der Waals surface area (Å²) in [4.78, 5) is 0. The Morgan fingerprint density at radius 3 is 2.00 bits per heavy atom. The van der Waals surface area contributed by atoms with Crippen LogP contribution in [0.15, 0.2) is 42.5 Å². The fraction of sp³-hybridized carbons (Fsp3) is 0. The Hall–Kier alpha value is -0.950. The highest BCUT2D eigenvalue weighted by Gasteiger charge is 2.08. The van der Waals surface area contributed by atoms with Gasteiger partial charge in [0.25, 0.3) is 0 Å². The molecule has 0 saturated carbocycles. The standard InChI is InChI=1S/C14H7Cl3/c15-12-5-8-3-1-2-4-9(8)10-6-13(16)14(17)7-11(10)12/h1-7H. The summed E-state index contributed by atoms with van der Waals surface area (Å²) in [6.07, 6.45) is 0. The number of benzene rings is 3. The van der Waals surface area contributed by atoms with Gasteiger partial charge in [-0.1, -0.05) is 59.1 Å². The van der Waals surface area contributed by atoms with Crippen molar-refractivity contribution < 1.29 is 0 Å². The van der Waals surface area contributed by atoms with Crippen LogP contribution in [-0.4, -0.2) is 0 Å². The third kappa shape index (κ3) is 1.77. The summed E-state index contributed by atoms with van der Waals surface area (Å²) in [6, 6.07) is 13.7. The van der Waals surface area contributed by atoms with E-state index in [-0.39, 0.29) is 0 Å². The lowest BCUT2D eigenvalue weighted by molar-refractivity contribution is 1.76. The zero-order valence-electron chi connectivity index (χ0n) is 8.68. The van der Waals surface area contributed by atoms with E-state index < -0.39 is 0 Å². The summed E-state index contributed by atoms with van der Waals surface area (Å²) in [7, 11) is 0. The van der Waals surface area contributed by atoms with Crippen LogP contribution < -0.4 is 0 Å². The molecule has 0 heterocycles. The SMILES string of the molecule is Clc1cc2c(Cl)cc3ccccc3c2cc1Cl. The summed E-state index contributed by atoms with van der Waals surface area (Å²) in [5.41, 5.74) is 0. The van der Waals surface area contributed by atoms with Crippen molar-refractivity contribution in [2.24, 2.45) is 0 Å². The van der Waals surface area contributed by atoms with E-state index in [4.69, 9.17) is 34.8 Å². The quantitative estimate of drug-likeness (QED) is 0.446.